The van der Waals surface area contributed by atoms with Gasteiger partial charge in [0.15, 0.2) is 5.76 Å². The lowest BCUT2D eigenvalue weighted by atomic mass is 10.0. The van der Waals surface area contributed by atoms with Crippen molar-refractivity contribution in [2.45, 2.75) is 19.1 Å². The zero-order valence-electron chi connectivity index (χ0n) is 13.6. The van der Waals surface area contributed by atoms with E-state index in [0.29, 0.717) is 0 Å². The summed E-state index contributed by atoms with van der Waals surface area (Å²) in [5, 5.41) is 11.6. The van der Waals surface area contributed by atoms with Crippen LogP contribution in [0.4, 0.5) is 0 Å². The summed E-state index contributed by atoms with van der Waals surface area (Å²) in [6.07, 6.45) is -0.381. The largest absolute Gasteiger partial charge is 0.497 e. The van der Waals surface area contributed by atoms with Gasteiger partial charge >= 0.3 is 5.97 Å². The number of hydrogen-bond acceptors (Lipinski definition) is 5. The number of amides is 1. The summed E-state index contributed by atoms with van der Waals surface area (Å²) in [6.45, 7) is 1.79. The molecule has 0 spiro atoms. The molecule has 2 N–H and O–H groups in total. The minimum Gasteiger partial charge on any atom is -0.497 e. The van der Waals surface area contributed by atoms with Crippen LogP contribution in [0.5, 0.6) is 5.75 Å². The van der Waals surface area contributed by atoms with Crippen LogP contribution in [0.2, 0.25) is 0 Å². The Kier molecular flexibility index (Phi) is 5.59. The molecule has 0 radical (unpaired) electrons. The number of furan rings is 1. The molecule has 2 rings (SSSR count). The van der Waals surface area contributed by atoms with Crippen LogP contribution in [0.1, 0.15) is 39.7 Å². The molecule has 0 saturated carbocycles. The monoisotopic (exact) mass is 333 g/mol. The minimum atomic E-state index is -1.23. The van der Waals surface area contributed by atoms with Crippen molar-refractivity contribution in [3.8, 4) is 5.75 Å². The number of carboxylic acid groups (broad SMARTS) is 1. The van der Waals surface area contributed by atoms with Crippen molar-refractivity contribution < 1.29 is 28.6 Å². The van der Waals surface area contributed by atoms with Crippen LogP contribution in [0.15, 0.2) is 40.8 Å². The first-order chi connectivity index (χ1) is 11.5. The number of aromatic carboxylic acids is 1. The van der Waals surface area contributed by atoms with Crippen LogP contribution in [0.25, 0.3) is 0 Å². The highest BCUT2D eigenvalue weighted by atomic mass is 16.5. The Bertz CT molecular complexity index is 706. The minimum absolute atomic E-state index is 0.0659. The lowest BCUT2D eigenvalue weighted by Crippen LogP contribution is -2.37. The van der Waals surface area contributed by atoms with Gasteiger partial charge in [-0.2, -0.15) is 0 Å². The van der Waals surface area contributed by atoms with Crippen molar-refractivity contribution in [3.05, 3.63) is 53.5 Å². The molecule has 1 aromatic carbocycles. The summed E-state index contributed by atoms with van der Waals surface area (Å²) >= 11 is 0. The van der Waals surface area contributed by atoms with Crippen LogP contribution in [-0.2, 0) is 4.74 Å². The Morgan fingerprint density at radius 3 is 2.21 bits per heavy atom. The molecule has 0 bridgehead atoms. The Morgan fingerprint density at radius 2 is 1.71 bits per heavy atom. The van der Waals surface area contributed by atoms with Crippen molar-refractivity contribution in [3.63, 3.8) is 0 Å². The van der Waals surface area contributed by atoms with Gasteiger partial charge in [-0.1, -0.05) is 12.1 Å². The fourth-order valence-electron chi connectivity index (χ4n) is 2.35. The van der Waals surface area contributed by atoms with Crippen molar-refractivity contribution in [1.29, 1.82) is 0 Å². The third kappa shape index (κ3) is 3.94. The molecule has 0 aliphatic heterocycles. The number of carbonyl (C=O) groups excluding carboxylic acids is 1. The standard InChI is InChI=1S/C17H19NO6/c1-10(15(23-3)11-4-6-12(22-2)7-5-11)18-16(19)13-8-9-14(24-13)17(20)21/h4-10,15H,1-3H3,(H,18,19)(H,20,21). The summed E-state index contributed by atoms with van der Waals surface area (Å²) in [5.41, 5.74) is 0.872. The number of nitrogens with one attached hydrogen (secondary N) is 1. The maximum atomic E-state index is 12.2. The van der Waals surface area contributed by atoms with E-state index >= 15 is 0 Å². The van der Waals surface area contributed by atoms with Crippen molar-refractivity contribution in [2.75, 3.05) is 14.2 Å². The summed E-state index contributed by atoms with van der Waals surface area (Å²) in [7, 11) is 3.13. The highest BCUT2D eigenvalue weighted by Gasteiger charge is 2.23. The molecule has 1 aromatic heterocycles. The second-order valence-electron chi connectivity index (χ2n) is 5.16. The number of carbonyl (C=O) groups is 2. The highest BCUT2D eigenvalue weighted by Crippen LogP contribution is 2.23. The second kappa shape index (κ2) is 7.65. The number of ether oxygens (including phenoxy) is 2. The number of carboxylic acids is 1. The van der Waals surface area contributed by atoms with Gasteiger partial charge in [-0.05, 0) is 36.8 Å². The van der Waals surface area contributed by atoms with Gasteiger partial charge in [-0.25, -0.2) is 4.79 Å². The van der Waals surface area contributed by atoms with E-state index < -0.39 is 11.9 Å². The lowest BCUT2D eigenvalue weighted by Gasteiger charge is -2.24. The Morgan fingerprint density at radius 1 is 1.08 bits per heavy atom. The SMILES string of the molecule is COc1ccc(C(OC)C(C)NC(=O)c2ccc(C(=O)O)o2)cc1. The normalized spacial score (nSPS) is 13.1. The van der Waals surface area contributed by atoms with E-state index in [2.05, 4.69) is 5.32 Å². The van der Waals surface area contributed by atoms with E-state index in [1.165, 1.54) is 12.1 Å². The van der Waals surface area contributed by atoms with Gasteiger partial charge in [-0.3, -0.25) is 4.79 Å². The maximum absolute atomic E-state index is 12.2. The first kappa shape index (κ1) is 17.6. The van der Waals surface area contributed by atoms with E-state index in [0.717, 1.165) is 11.3 Å². The van der Waals surface area contributed by atoms with Crippen LogP contribution in [-0.4, -0.2) is 37.2 Å². The molecule has 7 nitrogen and oxygen atoms in total. The predicted octanol–water partition coefficient (Wildman–Crippen LogP) is 2.49. The molecule has 0 saturated heterocycles. The molecular formula is C17H19NO6. The number of hydrogen-bond donors (Lipinski definition) is 2. The summed E-state index contributed by atoms with van der Waals surface area (Å²) in [5.74, 6) is -1.36. The molecule has 7 heteroatoms. The summed E-state index contributed by atoms with van der Waals surface area (Å²) in [6, 6.07) is 9.51. The number of benzene rings is 1. The molecule has 1 amide bonds. The molecule has 0 fully saturated rings. The average molecular weight is 333 g/mol. The van der Waals surface area contributed by atoms with Gasteiger partial charge in [0.1, 0.15) is 11.9 Å². The molecule has 0 aliphatic carbocycles. The van der Waals surface area contributed by atoms with Crippen LogP contribution in [0, 0.1) is 0 Å². The predicted molar refractivity (Wildman–Crippen MR) is 85.3 cm³/mol. The fourth-order valence-corrected chi connectivity index (χ4v) is 2.35. The van der Waals surface area contributed by atoms with Crippen molar-refractivity contribution >= 4 is 11.9 Å². The van der Waals surface area contributed by atoms with Crippen molar-refractivity contribution in [1.82, 2.24) is 5.32 Å². The van der Waals surface area contributed by atoms with E-state index in [4.69, 9.17) is 19.0 Å². The Balaban J connectivity index is 2.08. The van der Waals surface area contributed by atoms with Crippen molar-refractivity contribution in [2.24, 2.45) is 0 Å². The topological polar surface area (TPSA) is 98.0 Å². The van der Waals surface area contributed by atoms with Gasteiger partial charge in [0.25, 0.3) is 5.91 Å². The number of rotatable bonds is 7. The number of methoxy groups -OCH3 is 2. The smallest absolute Gasteiger partial charge is 0.371 e. The second-order valence-corrected chi connectivity index (χ2v) is 5.16. The van der Waals surface area contributed by atoms with Gasteiger partial charge in [0.05, 0.1) is 13.2 Å². The molecular weight excluding hydrogens is 314 g/mol. The van der Waals surface area contributed by atoms with Gasteiger partial charge in [0.2, 0.25) is 5.76 Å². The zero-order chi connectivity index (χ0) is 17.7. The van der Waals surface area contributed by atoms with E-state index in [9.17, 15) is 9.59 Å². The molecule has 2 unspecified atom stereocenters. The van der Waals surface area contributed by atoms with E-state index in [1.807, 2.05) is 24.3 Å². The maximum Gasteiger partial charge on any atom is 0.371 e. The van der Waals surface area contributed by atoms with Gasteiger partial charge in [-0.15, -0.1) is 0 Å². The quantitative estimate of drug-likeness (QED) is 0.808. The molecule has 24 heavy (non-hydrogen) atoms. The third-order valence-electron chi connectivity index (χ3n) is 3.55. The van der Waals surface area contributed by atoms with Crippen LogP contribution < -0.4 is 10.1 Å². The average Bonchev–Trinajstić information content (AvgIpc) is 3.06. The fraction of sp³-hybridized carbons (Fsp3) is 0.294. The van der Waals surface area contributed by atoms with E-state index in [-0.39, 0.29) is 23.7 Å². The van der Waals surface area contributed by atoms with Gasteiger partial charge < -0.3 is 24.3 Å². The van der Waals surface area contributed by atoms with Crippen LogP contribution in [0.3, 0.4) is 0 Å². The highest BCUT2D eigenvalue weighted by molar-refractivity contribution is 5.93. The third-order valence-corrected chi connectivity index (χ3v) is 3.55. The van der Waals surface area contributed by atoms with E-state index in [1.54, 1.807) is 21.1 Å². The Hall–Kier alpha value is -2.80. The zero-order valence-corrected chi connectivity index (χ0v) is 13.6. The first-order valence-corrected chi connectivity index (χ1v) is 7.27. The Labute approximate surface area is 139 Å². The first-order valence-electron chi connectivity index (χ1n) is 7.27. The molecule has 2 atom stereocenters. The van der Waals surface area contributed by atoms with Crippen LogP contribution >= 0.6 is 0 Å². The molecule has 2 aromatic rings. The summed E-state index contributed by atoms with van der Waals surface area (Å²) in [4.78, 5) is 23.0. The molecule has 1 heterocycles. The molecule has 128 valence electrons. The molecule has 0 aliphatic rings. The summed E-state index contributed by atoms with van der Waals surface area (Å²) < 4.78 is 15.6. The van der Waals surface area contributed by atoms with Gasteiger partial charge in [0, 0.05) is 7.11 Å². The lowest BCUT2D eigenvalue weighted by molar-refractivity contribution is 0.0620.